The van der Waals surface area contributed by atoms with Crippen LogP contribution in [-0.4, -0.2) is 69.9 Å². The van der Waals surface area contributed by atoms with Gasteiger partial charge in [0.1, 0.15) is 41.6 Å². The molecule has 4 aliphatic rings. The summed E-state index contributed by atoms with van der Waals surface area (Å²) in [5.41, 5.74) is 4.47. The van der Waals surface area contributed by atoms with Crippen LogP contribution in [0.1, 0.15) is 56.7 Å². The second kappa shape index (κ2) is 8.68. The quantitative estimate of drug-likeness (QED) is 0.534. The summed E-state index contributed by atoms with van der Waals surface area (Å²) in [6.07, 6.45) is -11.0. The summed E-state index contributed by atoms with van der Waals surface area (Å²) in [7, 11) is 0. The molecule has 3 aromatic rings. The monoisotopic (exact) mass is 501 g/mol. The van der Waals surface area contributed by atoms with Crippen LogP contribution in [0.2, 0.25) is 0 Å². The van der Waals surface area contributed by atoms with Gasteiger partial charge in [0.25, 0.3) is 0 Å². The number of nitrogen functional groups attached to an aromatic ring is 1. The molecule has 2 bridgehead atoms. The predicted molar refractivity (Wildman–Crippen MR) is 135 cm³/mol. The lowest BCUT2D eigenvalue weighted by Gasteiger charge is -2.45. The number of rotatable bonds is 6. The van der Waals surface area contributed by atoms with Crippen molar-refractivity contribution in [1.29, 1.82) is 0 Å². The van der Waals surface area contributed by atoms with Crippen molar-refractivity contribution >= 4 is 16.9 Å². The number of fused-ring (bicyclic) bond motifs is 3. The molecule has 1 saturated carbocycles. The summed E-state index contributed by atoms with van der Waals surface area (Å²) in [4.78, 5) is 11.1. The maximum Gasteiger partial charge on any atom is 0.146 e. The minimum atomic E-state index is -3.23. The third-order valence-electron chi connectivity index (χ3n) is 7.49. The molecule has 1 aliphatic carbocycles. The van der Waals surface area contributed by atoms with E-state index >= 15 is 4.39 Å². The second-order valence-corrected chi connectivity index (χ2v) is 9.66. The minimum absolute atomic E-state index is 0.0368. The summed E-state index contributed by atoms with van der Waals surface area (Å²) in [5.74, 6) is -0.513. The van der Waals surface area contributed by atoms with Crippen molar-refractivity contribution in [1.82, 2.24) is 24.8 Å². The van der Waals surface area contributed by atoms with E-state index in [2.05, 4.69) is 20.2 Å². The Morgan fingerprint density at radius 1 is 1.19 bits per heavy atom. The number of hydrogen-bond donors (Lipinski definition) is 2. The van der Waals surface area contributed by atoms with Crippen LogP contribution in [0, 0.1) is 5.82 Å². The van der Waals surface area contributed by atoms with Crippen molar-refractivity contribution in [3.8, 4) is 16.9 Å². The first kappa shape index (κ1) is 14.9. The third kappa shape index (κ3) is 3.76. The Morgan fingerprint density at radius 2 is 2.00 bits per heavy atom. The van der Waals surface area contributed by atoms with Crippen LogP contribution in [0.5, 0.6) is 5.75 Å². The molecule has 8 nitrogen and oxygen atoms in total. The smallest absolute Gasteiger partial charge is 0.146 e. The lowest BCUT2D eigenvalue weighted by atomic mass is 9.85. The van der Waals surface area contributed by atoms with E-state index in [1.807, 2.05) is 4.57 Å². The molecule has 7 rings (SSSR count). The largest absolute Gasteiger partial charge is 0.491 e. The molecule has 5 heterocycles. The lowest BCUT2D eigenvalue weighted by Crippen LogP contribution is -2.53. The number of hydrogen-bond acceptors (Lipinski definition) is 7. The van der Waals surface area contributed by atoms with Gasteiger partial charge in [-0.25, -0.2) is 14.4 Å². The molecule has 3 N–H and O–H groups in total. The molecule has 3 aliphatic heterocycles. The van der Waals surface area contributed by atoms with Gasteiger partial charge >= 0.3 is 0 Å². The van der Waals surface area contributed by atoms with E-state index in [0.29, 0.717) is 22.6 Å². The van der Waals surface area contributed by atoms with E-state index in [1.54, 1.807) is 6.20 Å². The van der Waals surface area contributed by atoms with Gasteiger partial charge in [-0.1, -0.05) is 0 Å². The van der Waals surface area contributed by atoms with Crippen molar-refractivity contribution < 1.29 is 26.2 Å². The molecular formula is C27H33FN6O2. The van der Waals surface area contributed by atoms with E-state index in [0.717, 1.165) is 45.1 Å². The Kier molecular flexibility index (Phi) is 3.58. The van der Waals surface area contributed by atoms with Gasteiger partial charge in [-0.15, -0.1) is 0 Å². The van der Waals surface area contributed by atoms with E-state index < -0.39 is 49.6 Å². The van der Waals surface area contributed by atoms with Crippen molar-refractivity contribution in [3.63, 3.8) is 0 Å². The molecule has 0 atom stereocenters. The maximum absolute atomic E-state index is 15.5. The van der Waals surface area contributed by atoms with Crippen molar-refractivity contribution in [2.45, 2.75) is 62.1 Å². The molecule has 190 valence electrons. The number of anilines is 1. The summed E-state index contributed by atoms with van der Waals surface area (Å²) in [6, 6.07) is 4.23. The predicted octanol–water partition coefficient (Wildman–Crippen LogP) is 3.52. The van der Waals surface area contributed by atoms with Crippen LogP contribution >= 0.6 is 0 Å². The number of halogens is 1. The van der Waals surface area contributed by atoms with Crippen LogP contribution in [0.4, 0.5) is 10.2 Å². The number of aromatic nitrogens is 3. The number of nitrogens with two attached hydrogens (primary N) is 1. The summed E-state index contributed by atoms with van der Waals surface area (Å²) in [5, 5.41) is 3.81. The van der Waals surface area contributed by atoms with Crippen molar-refractivity contribution in [2.75, 3.05) is 38.5 Å². The Bertz CT molecular complexity index is 1650. The van der Waals surface area contributed by atoms with Gasteiger partial charge in [-0.05, 0) is 56.5 Å². The highest BCUT2D eigenvalue weighted by molar-refractivity contribution is 6.01. The van der Waals surface area contributed by atoms with Gasteiger partial charge in [0.2, 0.25) is 0 Å². The Balaban J connectivity index is 1.21. The van der Waals surface area contributed by atoms with Crippen molar-refractivity contribution in [3.05, 3.63) is 36.5 Å². The van der Waals surface area contributed by atoms with Crippen LogP contribution in [0.25, 0.3) is 22.2 Å². The Morgan fingerprint density at radius 3 is 2.81 bits per heavy atom. The average Bonchev–Trinajstić information content (AvgIpc) is 3.44. The fourth-order valence-corrected chi connectivity index (χ4v) is 5.46. The van der Waals surface area contributed by atoms with E-state index in [4.69, 9.17) is 27.5 Å². The lowest BCUT2D eigenvalue weighted by molar-refractivity contribution is -0.0198. The average molecular weight is 502 g/mol. The molecule has 36 heavy (non-hydrogen) atoms. The van der Waals surface area contributed by atoms with Crippen LogP contribution < -0.4 is 15.8 Å². The molecule has 9 heteroatoms. The highest BCUT2D eigenvalue weighted by Gasteiger charge is 2.46. The Hall–Kier alpha value is -2.75. The molecule has 0 amide bonds. The number of ether oxygens (including phenoxy) is 2. The topological polar surface area (TPSA) is 90.5 Å². The standard InChI is InChI=1S/C27H33FN6O2/c28-23-2-1-20(35-15-27-5-3-19(36-27)4-6-27)13-21(23)22-14-34(26-24(22)25(29)31-16-32-26)18-11-17(12-18)33-9-7-30-8-10-33/h1-2,13-14,16-19,30H,3-12,15H2,(H2,29,31,32)/i3D2,4D2,5D2,6D2,19D. The zero-order valence-corrected chi connectivity index (χ0v) is 19.6. The Labute approximate surface area is 222 Å². The molecule has 3 saturated heterocycles. The zero-order chi connectivity index (χ0) is 32.4. The molecule has 0 unspecified atom stereocenters. The first-order valence-corrected chi connectivity index (χ1v) is 12.2. The molecule has 2 aromatic heterocycles. The van der Waals surface area contributed by atoms with Gasteiger partial charge in [0.15, 0.2) is 0 Å². The maximum atomic E-state index is 15.5. The van der Waals surface area contributed by atoms with E-state index in [-0.39, 0.29) is 23.2 Å². The number of piperazine rings is 1. The molecule has 0 radical (unpaired) electrons. The van der Waals surface area contributed by atoms with Gasteiger partial charge in [-0.2, -0.15) is 0 Å². The molecule has 1 aromatic carbocycles. The highest BCUT2D eigenvalue weighted by atomic mass is 19.1. The number of nitrogens with one attached hydrogen (secondary N) is 1. The molecule has 0 spiro atoms. The normalized spacial score (nSPS) is 41.4. The van der Waals surface area contributed by atoms with Gasteiger partial charge in [0, 0.05) is 66.6 Å². The van der Waals surface area contributed by atoms with Crippen LogP contribution in [-0.2, 0) is 4.74 Å². The number of benzene rings is 1. The fourth-order valence-electron chi connectivity index (χ4n) is 5.46. The van der Waals surface area contributed by atoms with E-state index in [1.165, 1.54) is 18.5 Å². The summed E-state index contributed by atoms with van der Waals surface area (Å²) in [6.45, 7) is 2.88. The fraction of sp³-hybridized carbons (Fsp3) is 0.556. The third-order valence-corrected chi connectivity index (χ3v) is 7.49. The SMILES string of the molecule is [2H]C1([2H])C([2H])([2H])C2(COc3ccc(F)c(-c4cn(C5CC(N6CCNCC6)C5)c5ncnc(N)c45)c3)OC1([2H])C([2H])([2H])C2([2H])[2H]. The summed E-state index contributed by atoms with van der Waals surface area (Å²) >= 11 is 0. The van der Waals surface area contributed by atoms with Crippen LogP contribution in [0.15, 0.2) is 30.7 Å². The van der Waals surface area contributed by atoms with E-state index in [9.17, 15) is 0 Å². The van der Waals surface area contributed by atoms with Crippen molar-refractivity contribution in [2.24, 2.45) is 0 Å². The minimum Gasteiger partial charge on any atom is -0.491 e. The number of nitrogens with zero attached hydrogens (tertiary/aromatic N) is 4. The van der Waals surface area contributed by atoms with Gasteiger partial charge < -0.3 is 25.1 Å². The first-order chi connectivity index (χ1) is 21.0. The van der Waals surface area contributed by atoms with Gasteiger partial charge in [-0.3, -0.25) is 4.90 Å². The van der Waals surface area contributed by atoms with Crippen LogP contribution in [0.3, 0.4) is 0 Å². The van der Waals surface area contributed by atoms with Gasteiger partial charge in [0.05, 0.1) is 12.8 Å². The summed E-state index contributed by atoms with van der Waals surface area (Å²) < 4.78 is 104. The zero-order valence-electron chi connectivity index (χ0n) is 28.6. The molecule has 4 fully saturated rings. The first-order valence-electron chi connectivity index (χ1n) is 16.7. The molecular weight excluding hydrogens is 459 g/mol. The highest BCUT2D eigenvalue weighted by Crippen LogP contribution is 2.45. The second-order valence-electron chi connectivity index (χ2n) is 9.66.